The molecule has 2 aliphatic rings. The van der Waals surface area contributed by atoms with Gasteiger partial charge in [0.1, 0.15) is 0 Å². The van der Waals surface area contributed by atoms with Gasteiger partial charge in [-0.2, -0.15) is 0 Å². The van der Waals surface area contributed by atoms with Crippen LogP contribution >= 0.6 is 0 Å². The lowest BCUT2D eigenvalue weighted by molar-refractivity contribution is 1.11. The summed E-state index contributed by atoms with van der Waals surface area (Å²) in [6.07, 6.45) is 3.62. The fourth-order valence-corrected chi connectivity index (χ4v) is 2.49. The lowest BCUT2D eigenvalue weighted by Gasteiger charge is -1.97. The lowest BCUT2D eigenvalue weighted by Crippen LogP contribution is -1.79. The van der Waals surface area contributed by atoms with E-state index in [1.807, 2.05) is 24.5 Å². The fourth-order valence-electron chi connectivity index (χ4n) is 2.49. The van der Waals surface area contributed by atoms with Crippen LogP contribution in [0.5, 0.6) is 0 Å². The molecule has 18 heavy (non-hydrogen) atoms. The van der Waals surface area contributed by atoms with Crippen molar-refractivity contribution in [3.05, 3.63) is 54.9 Å². The van der Waals surface area contributed by atoms with Gasteiger partial charge in [-0.3, -0.25) is 15.2 Å². The lowest BCUT2D eigenvalue weighted by atomic mass is 10.1. The quantitative estimate of drug-likeness (QED) is 0.517. The van der Waals surface area contributed by atoms with Gasteiger partial charge in [-0.15, -0.1) is 0 Å². The highest BCUT2D eigenvalue weighted by molar-refractivity contribution is 6.04. The van der Waals surface area contributed by atoms with Crippen LogP contribution in [-0.4, -0.2) is 15.2 Å². The van der Waals surface area contributed by atoms with Crippen molar-refractivity contribution < 1.29 is 0 Å². The second-order valence-electron chi connectivity index (χ2n) is 4.38. The fraction of sp³-hybridized carbons (Fsp3) is 0. The summed E-state index contributed by atoms with van der Waals surface area (Å²) in [4.78, 5) is 4.05. The number of fused-ring (bicyclic) bond motifs is 3. The average Bonchev–Trinajstić information content (AvgIpc) is 2.98. The first-order chi connectivity index (χ1) is 8.93. The van der Waals surface area contributed by atoms with E-state index in [4.69, 9.17) is 0 Å². The third kappa shape index (κ3) is 1.21. The second-order valence-corrected chi connectivity index (χ2v) is 4.38. The standard InChI is InChI=1S/C15H11N3/c1-2-4-12-11(3-1)9-13-14(17-18-15(12)13)10-5-7-16-8-6-10/h1-9,17-18H. The molecular formula is C15H11N3. The molecule has 2 heterocycles. The summed E-state index contributed by atoms with van der Waals surface area (Å²) in [6, 6.07) is 14.6. The molecule has 3 heteroatoms. The highest BCUT2D eigenvalue weighted by Crippen LogP contribution is 2.38. The summed E-state index contributed by atoms with van der Waals surface area (Å²) in [5.41, 5.74) is 4.65. The number of rotatable bonds is 1. The number of nitrogens with zero attached hydrogens (tertiary/aromatic N) is 1. The first-order valence-electron chi connectivity index (χ1n) is 5.92. The van der Waals surface area contributed by atoms with Gasteiger partial charge in [-0.05, 0) is 23.6 Å². The summed E-state index contributed by atoms with van der Waals surface area (Å²) < 4.78 is 0. The van der Waals surface area contributed by atoms with Crippen molar-refractivity contribution in [2.75, 3.05) is 0 Å². The molecule has 86 valence electrons. The number of aromatic amines is 2. The smallest absolute Gasteiger partial charge is 0.0712 e. The van der Waals surface area contributed by atoms with Crippen LogP contribution in [0.1, 0.15) is 0 Å². The molecule has 2 aromatic rings. The molecule has 1 aromatic carbocycles. The molecule has 0 amide bonds. The normalized spacial score (nSPS) is 11.3. The molecule has 2 N–H and O–H groups in total. The molecule has 1 aliphatic carbocycles. The Balaban J connectivity index is 2.02. The largest absolute Gasteiger partial charge is 0.300 e. The van der Waals surface area contributed by atoms with Crippen LogP contribution in [0, 0.1) is 0 Å². The van der Waals surface area contributed by atoms with E-state index < -0.39 is 0 Å². The molecule has 3 nitrogen and oxygen atoms in total. The van der Waals surface area contributed by atoms with Crippen LogP contribution in [-0.2, 0) is 0 Å². The summed E-state index contributed by atoms with van der Waals surface area (Å²) in [5.74, 6) is 0. The number of hydrogen-bond acceptors (Lipinski definition) is 1. The maximum Gasteiger partial charge on any atom is 0.0712 e. The minimum Gasteiger partial charge on any atom is -0.300 e. The van der Waals surface area contributed by atoms with Crippen molar-refractivity contribution in [2.24, 2.45) is 0 Å². The first-order valence-corrected chi connectivity index (χ1v) is 5.92. The van der Waals surface area contributed by atoms with Crippen molar-refractivity contribution in [1.82, 2.24) is 15.2 Å². The number of benzene rings is 1. The number of pyridine rings is 1. The maximum absolute atomic E-state index is 4.05. The number of aromatic nitrogens is 3. The number of hydrogen-bond donors (Lipinski definition) is 2. The Morgan fingerprint density at radius 3 is 2.50 bits per heavy atom. The Bertz CT molecular complexity index is 780. The van der Waals surface area contributed by atoms with Gasteiger partial charge in [-0.1, -0.05) is 24.3 Å². The van der Waals surface area contributed by atoms with Gasteiger partial charge in [0.05, 0.1) is 11.4 Å². The molecule has 0 saturated carbocycles. The van der Waals surface area contributed by atoms with Crippen molar-refractivity contribution in [3.63, 3.8) is 0 Å². The predicted octanol–water partition coefficient (Wildman–Crippen LogP) is 3.66. The van der Waals surface area contributed by atoms with Crippen LogP contribution in [0.15, 0.2) is 54.9 Å². The van der Waals surface area contributed by atoms with Crippen LogP contribution < -0.4 is 0 Å². The molecule has 0 unspecified atom stereocenters. The van der Waals surface area contributed by atoms with Gasteiger partial charge < -0.3 is 0 Å². The molecular weight excluding hydrogens is 222 g/mol. The molecule has 0 bridgehead atoms. The van der Waals surface area contributed by atoms with Crippen LogP contribution in [0.2, 0.25) is 0 Å². The zero-order valence-corrected chi connectivity index (χ0v) is 9.64. The van der Waals surface area contributed by atoms with Crippen molar-refractivity contribution in [3.8, 4) is 22.5 Å². The third-order valence-electron chi connectivity index (χ3n) is 3.35. The molecule has 0 fully saturated rings. The van der Waals surface area contributed by atoms with Gasteiger partial charge in [-0.25, -0.2) is 0 Å². The van der Waals surface area contributed by atoms with Crippen molar-refractivity contribution >= 4 is 10.8 Å². The summed E-state index contributed by atoms with van der Waals surface area (Å²) in [6.45, 7) is 0. The molecule has 0 atom stereocenters. The summed E-state index contributed by atoms with van der Waals surface area (Å²) >= 11 is 0. The Labute approximate surface area is 104 Å². The van der Waals surface area contributed by atoms with Gasteiger partial charge in [0, 0.05) is 28.9 Å². The van der Waals surface area contributed by atoms with Crippen LogP contribution in [0.4, 0.5) is 0 Å². The average molecular weight is 233 g/mol. The predicted molar refractivity (Wildman–Crippen MR) is 72.5 cm³/mol. The molecule has 1 aliphatic heterocycles. The molecule has 0 spiro atoms. The van der Waals surface area contributed by atoms with Crippen LogP contribution in [0.3, 0.4) is 0 Å². The Morgan fingerprint density at radius 2 is 1.61 bits per heavy atom. The van der Waals surface area contributed by atoms with Crippen molar-refractivity contribution in [2.45, 2.75) is 0 Å². The monoisotopic (exact) mass is 233 g/mol. The van der Waals surface area contributed by atoms with E-state index in [0.717, 1.165) is 17.0 Å². The van der Waals surface area contributed by atoms with E-state index in [2.05, 4.69) is 45.5 Å². The maximum atomic E-state index is 4.05. The van der Waals surface area contributed by atoms with E-state index in [-0.39, 0.29) is 0 Å². The van der Waals surface area contributed by atoms with E-state index in [0.29, 0.717) is 0 Å². The summed E-state index contributed by atoms with van der Waals surface area (Å²) in [7, 11) is 0. The molecule has 1 aromatic heterocycles. The highest BCUT2D eigenvalue weighted by Gasteiger charge is 2.16. The van der Waals surface area contributed by atoms with E-state index in [9.17, 15) is 0 Å². The topological polar surface area (TPSA) is 44.5 Å². The third-order valence-corrected chi connectivity index (χ3v) is 3.35. The van der Waals surface area contributed by atoms with E-state index >= 15 is 0 Å². The number of H-pyrrole nitrogens is 2. The number of nitrogens with one attached hydrogen (secondary N) is 2. The van der Waals surface area contributed by atoms with Gasteiger partial charge in [0.2, 0.25) is 0 Å². The minimum absolute atomic E-state index is 1.11. The Morgan fingerprint density at radius 1 is 0.833 bits per heavy atom. The summed E-state index contributed by atoms with van der Waals surface area (Å²) in [5, 5.41) is 9.03. The van der Waals surface area contributed by atoms with Crippen molar-refractivity contribution in [1.29, 1.82) is 0 Å². The van der Waals surface area contributed by atoms with E-state index in [1.54, 1.807) is 0 Å². The highest BCUT2D eigenvalue weighted by atomic mass is 15.1. The minimum atomic E-state index is 1.11. The molecule has 0 radical (unpaired) electrons. The first kappa shape index (κ1) is 9.48. The van der Waals surface area contributed by atoms with E-state index in [1.165, 1.54) is 16.3 Å². The van der Waals surface area contributed by atoms with Gasteiger partial charge >= 0.3 is 0 Å². The zero-order valence-electron chi connectivity index (χ0n) is 9.64. The second kappa shape index (κ2) is 3.47. The van der Waals surface area contributed by atoms with Crippen LogP contribution in [0.25, 0.3) is 33.3 Å². The molecule has 0 saturated heterocycles. The SMILES string of the molecule is c1ccc2c3[nH][nH]c(-c4ccncc4)c-3cc2c1. The van der Waals surface area contributed by atoms with Gasteiger partial charge in [0.15, 0.2) is 0 Å². The molecule has 4 rings (SSSR count). The Kier molecular flexibility index (Phi) is 1.83. The Hall–Kier alpha value is -2.55. The van der Waals surface area contributed by atoms with Gasteiger partial charge in [0.25, 0.3) is 0 Å². The zero-order chi connectivity index (χ0) is 11.9.